The number of rotatable bonds is 10. The highest BCUT2D eigenvalue weighted by molar-refractivity contribution is 5.85. The van der Waals surface area contributed by atoms with Crippen LogP contribution < -0.4 is 16.4 Å². The molecule has 0 radical (unpaired) electrons. The first kappa shape index (κ1) is 23.3. The Morgan fingerprint density at radius 2 is 2.00 bits per heavy atom. The second-order valence-electron chi connectivity index (χ2n) is 6.37. The molecule has 10 heteroatoms. The number of nitrogens with one attached hydrogen (secondary N) is 2. The molecule has 1 rings (SSSR count). The van der Waals surface area contributed by atoms with Gasteiger partial charge >= 0.3 is 0 Å². The molecule has 1 heterocycles. The minimum atomic E-state index is -0.981. The van der Waals surface area contributed by atoms with Gasteiger partial charge in [0.25, 0.3) is 0 Å². The lowest BCUT2D eigenvalue weighted by atomic mass is 10.1. The van der Waals surface area contributed by atoms with Gasteiger partial charge in [0.15, 0.2) is 5.82 Å². The van der Waals surface area contributed by atoms with Crippen molar-refractivity contribution in [1.82, 2.24) is 30.8 Å². The first-order chi connectivity index (χ1) is 11.3. The largest absolute Gasteiger partial charge is 0.356 e. The molecular weight excluding hydrogens is 346 g/mol. The van der Waals surface area contributed by atoms with Crippen LogP contribution in [0.5, 0.6) is 0 Å². The Balaban J connectivity index is 0.00000576. The molecule has 0 aliphatic heterocycles. The summed E-state index contributed by atoms with van der Waals surface area (Å²) in [5.41, 5.74) is 4.83. The van der Waals surface area contributed by atoms with Gasteiger partial charge in [-0.3, -0.25) is 9.59 Å². The molecule has 0 aromatic carbocycles. The van der Waals surface area contributed by atoms with Gasteiger partial charge in [-0.1, -0.05) is 20.3 Å². The molecule has 9 nitrogen and oxygen atoms in total. The number of unbranched alkanes of at least 4 members (excludes halogenated alkanes) is 1. The van der Waals surface area contributed by atoms with Gasteiger partial charge in [0, 0.05) is 13.0 Å². The number of aromatic nitrogens is 4. The number of tetrazole rings is 1. The van der Waals surface area contributed by atoms with Crippen LogP contribution in [-0.4, -0.2) is 44.1 Å². The van der Waals surface area contributed by atoms with E-state index in [-0.39, 0.29) is 36.7 Å². The number of aryl methyl sites for hydroxylation is 1. The predicted octanol–water partition coefficient (Wildman–Crippen LogP) is 0.706. The van der Waals surface area contributed by atoms with Crippen molar-refractivity contribution >= 4 is 24.2 Å². The maximum atomic E-state index is 12.1. The van der Waals surface area contributed by atoms with Crippen LogP contribution in [0.15, 0.2) is 0 Å². The molecule has 1 aromatic heterocycles. The van der Waals surface area contributed by atoms with Crippen LogP contribution >= 0.6 is 12.4 Å². The lowest BCUT2D eigenvalue weighted by Gasteiger charge is -2.22. The summed E-state index contributed by atoms with van der Waals surface area (Å²) < 4.78 is 1.55. The van der Waals surface area contributed by atoms with Gasteiger partial charge in [0.05, 0.1) is 18.1 Å². The van der Waals surface area contributed by atoms with Crippen LogP contribution in [0.4, 0.5) is 0 Å². The zero-order chi connectivity index (χ0) is 18.2. The zero-order valence-corrected chi connectivity index (χ0v) is 16.2. The molecule has 0 saturated carbocycles. The van der Waals surface area contributed by atoms with Crippen molar-refractivity contribution in [1.29, 1.82) is 0 Å². The van der Waals surface area contributed by atoms with Crippen LogP contribution in [0.25, 0.3) is 0 Å². The minimum Gasteiger partial charge on any atom is -0.356 e. The highest BCUT2D eigenvalue weighted by Gasteiger charge is 2.27. The number of amides is 2. The van der Waals surface area contributed by atoms with Gasteiger partial charge in [-0.05, 0) is 37.1 Å². The van der Waals surface area contributed by atoms with E-state index in [1.807, 2.05) is 6.92 Å². The first-order valence-electron chi connectivity index (χ1n) is 8.42. The summed E-state index contributed by atoms with van der Waals surface area (Å²) >= 11 is 0. The minimum absolute atomic E-state index is 0. The van der Waals surface area contributed by atoms with E-state index in [2.05, 4.69) is 33.1 Å². The third-order valence-corrected chi connectivity index (χ3v) is 3.57. The number of nitrogens with two attached hydrogens (primary N) is 1. The van der Waals surface area contributed by atoms with Gasteiger partial charge in [-0.15, -0.1) is 17.5 Å². The van der Waals surface area contributed by atoms with Crippen molar-refractivity contribution in [3.63, 3.8) is 0 Å². The first-order valence-corrected chi connectivity index (χ1v) is 8.42. The zero-order valence-electron chi connectivity index (χ0n) is 15.4. The summed E-state index contributed by atoms with van der Waals surface area (Å²) in [5, 5.41) is 17.3. The summed E-state index contributed by atoms with van der Waals surface area (Å²) in [6.45, 7) is 8.30. The van der Waals surface area contributed by atoms with E-state index in [0.717, 1.165) is 12.8 Å². The number of nitrogens with zero attached hydrogens (tertiary/aromatic N) is 4. The van der Waals surface area contributed by atoms with Gasteiger partial charge in [-0.2, -0.15) is 0 Å². The summed E-state index contributed by atoms with van der Waals surface area (Å²) in [5.74, 6) is 0.211. The number of hydrogen-bond acceptors (Lipinski definition) is 6. The Labute approximate surface area is 154 Å². The third-order valence-electron chi connectivity index (χ3n) is 3.57. The molecule has 25 heavy (non-hydrogen) atoms. The van der Waals surface area contributed by atoms with Crippen LogP contribution in [0.3, 0.4) is 0 Å². The molecule has 1 atom stereocenters. The summed E-state index contributed by atoms with van der Waals surface area (Å²) in [6.07, 6.45) is 2.90. The van der Waals surface area contributed by atoms with Gasteiger partial charge in [-0.25, -0.2) is 4.68 Å². The highest BCUT2D eigenvalue weighted by atomic mass is 35.5. The predicted molar refractivity (Wildman–Crippen MR) is 97.0 cm³/mol. The van der Waals surface area contributed by atoms with Crippen molar-refractivity contribution in [2.45, 2.75) is 71.5 Å². The fraction of sp³-hybridized carbons (Fsp3) is 0.800. The van der Waals surface area contributed by atoms with Crippen LogP contribution in [0.1, 0.15) is 65.2 Å². The summed E-state index contributed by atoms with van der Waals surface area (Å²) in [7, 11) is 0. The molecule has 144 valence electrons. The van der Waals surface area contributed by atoms with E-state index in [4.69, 9.17) is 5.73 Å². The second kappa shape index (κ2) is 11.0. The Morgan fingerprint density at radius 1 is 1.32 bits per heavy atom. The maximum Gasteiger partial charge on any atom is 0.240 e. The lowest BCUT2D eigenvalue weighted by Crippen LogP contribution is -2.50. The van der Waals surface area contributed by atoms with Crippen molar-refractivity contribution in [3.8, 4) is 0 Å². The number of halogens is 1. The molecule has 0 aliphatic carbocycles. The van der Waals surface area contributed by atoms with E-state index in [0.29, 0.717) is 25.3 Å². The average molecular weight is 376 g/mol. The quantitative estimate of drug-likeness (QED) is 0.516. The van der Waals surface area contributed by atoms with Crippen LogP contribution in [0, 0.1) is 0 Å². The monoisotopic (exact) mass is 375 g/mol. The Hall–Kier alpha value is -1.74. The van der Waals surface area contributed by atoms with Gasteiger partial charge < -0.3 is 16.4 Å². The summed E-state index contributed by atoms with van der Waals surface area (Å²) in [6, 6.07) is -0.349. The highest BCUT2D eigenvalue weighted by Crippen LogP contribution is 2.14. The Morgan fingerprint density at radius 3 is 2.56 bits per heavy atom. The lowest BCUT2D eigenvalue weighted by molar-refractivity contribution is -0.126. The van der Waals surface area contributed by atoms with E-state index in [1.165, 1.54) is 0 Å². The number of carbonyl (C=O) groups excluding carboxylic acids is 2. The molecule has 0 aliphatic rings. The molecule has 1 aromatic rings. The number of hydrogen-bond donors (Lipinski definition) is 3. The van der Waals surface area contributed by atoms with E-state index < -0.39 is 5.54 Å². The van der Waals surface area contributed by atoms with Crippen LogP contribution in [-0.2, 0) is 16.1 Å². The smallest absolute Gasteiger partial charge is 0.240 e. The maximum absolute atomic E-state index is 12.1. The molecule has 0 spiro atoms. The molecule has 0 bridgehead atoms. The fourth-order valence-corrected chi connectivity index (χ4v) is 2.01. The van der Waals surface area contributed by atoms with E-state index in [1.54, 1.807) is 18.5 Å². The third kappa shape index (κ3) is 7.78. The van der Waals surface area contributed by atoms with Crippen molar-refractivity contribution < 1.29 is 9.59 Å². The Kier molecular flexibility index (Phi) is 10.2. The molecule has 0 fully saturated rings. The standard InChI is InChI=1S/C15H29N7O2.ClH/c1-5-7-9-17-12(23)8-10-22-13(19-20-21-22)11(6-2)18-14(24)15(3,4)16;/h11H,5-10,16H2,1-4H3,(H,17,23)(H,18,24);1H/t11-;/m1./s1. The van der Waals surface area contributed by atoms with Gasteiger partial charge in [0.2, 0.25) is 11.8 Å². The second-order valence-corrected chi connectivity index (χ2v) is 6.37. The average Bonchev–Trinajstić information content (AvgIpc) is 2.98. The fourth-order valence-electron chi connectivity index (χ4n) is 2.01. The SMILES string of the molecule is CCCCNC(=O)CCn1nnnc1[C@@H](CC)NC(=O)C(C)(C)N.Cl. The van der Waals surface area contributed by atoms with Crippen molar-refractivity contribution in [2.75, 3.05) is 6.54 Å². The molecular formula is C15H30ClN7O2. The van der Waals surface area contributed by atoms with Crippen molar-refractivity contribution in [2.24, 2.45) is 5.73 Å². The molecule has 0 unspecified atom stereocenters. The molecule has 4 N–H and O–H groups in total. The summed E-state index contributed by atoms with van der Waals surface area (Å²) in [4.78, 5) is 23.9. The Bertz CT molecular complexity index is 542. The van der Waals surface area contributed by atoms with E-state index >= 15 is 0 Å². The number of carbonyl (C=O) groups is 2. The van der Waals surface area contributed by atoms with Gasteiger partial charge in [0.1, 0.15) is 0 Å². The van der Waals surface area contributed by atoms with Crippen LogP contribution in [0.2, 0.25) is 0 Å². The van der Waals surface area contributed by atoms with Crippen molar-refractivity contribution in [3.05, 3.63) is 5.82 Å². The normalized spacial score (nSPS) is 12.2. The molecule has 2 amide bonds. The topological polar surface area (TPSA) is 128 Å². The van der Waals surface area contributed by atoms with E-state index in [9.17, 15) is 9.59 Å². The molecule has 0 saturated heterocycles.